The first-order chi connectivity index (χ1) is 9.60. The second kappa shape index (κ2) is 4.99. The van der Waals surface area contributed by atoms with Crippen LogP contribution in [0.5, 0.6) is 0 Å². The highest BCUT2D eigenvalue weighted by Gasteiger charge is 2.40. The van der Waals surface area contributed by atoms with E-state index in [0.29, 0.717) is 24.9 Å². The van der Waals surface area contributed by atoms with Gasteiger partial charge in [0.05, 0.1) is 24.5 Å². The molecule has 0 amide bonds. The summed E-state index contributed by atoms with van der Waals surface area (Å²) in [6.45, 7) is 4.48. The number of nitrogens with zero attached hydrogens (tertiary/aromatic N) is 3. The molecule has 1 aromatic rings. The minimum absolute atomic E-state index is 0.143. The lowest BCUT2D eigenvalue weighted by Gasteiger charge is -2.37. The minimum Gasteiger partial charge on any atom is -0.478 e. The second-order valence-corrected chi connectivity index (χ2v) is 5.07. The van der Waals surface area contributed by atoms with Gasteiger partial charge in [0.1, 0.15) is 0 Å². The highest BCUT2D eigenvalue weighted by molar-refractivity contribution is 5.88. The lowest BCUT2D eigenvalue weighted by molar-refractivity contribution is -0.169. The van der Waals surface area contributed by atoms with E-state index in [1.165, 1.54) is 6.20 Å². The molecule has 2 aliphatic rings. The van der Waals surface area contributed by atoms with E-state index in [-0.39, 0.29) is 5.56 Å². The van der Waals surface area contributed by atoms with Gasteiger partial charge in [0.2, 0.25) is 5.95 Å². The van der Waals surface area contributed by atoms with Crippen LogP contribution in [0, 0.1) is 6.92 Å². The van der Waals surface area contributed by atoms with Gasteiger partial charge in [-0.15, -0.1) is 0 Å². The molecule has 0 bridgehead atoms. The molecule has 0 radical (unpaired) electrons. The normalized spacial score (nSPS) is 21.4. The van der Waals surface area contributed by atoms with Crippen molar-refractivity contribution >= 4 is 11.9 Å². The van der Waals surface area contributed by atoms with Crippen LogP contribution in [-0.2, 0) is 9.47 Å². The molecule has 0 saturated carbocycles. The summed E-state index contributed by atoms with van der Waals surface area (Å²) in [5.41, 5.74) is 0.626. The van der Waals surface area contributed by atoms with Gasteiger partial charge in [0.15, 0.2) is 5.79 Å². The van der Waals surface area contributed by atoms with Crippen LogP contribution in [0.4, 0.5) is 5.95 Å². The van der Waals surface area contributed by atoms with Crippen molar-refractivity contribution in [1.82, 2.24) is 9.97 Å². The van der Waals surface area contributed by atoms with Crippen LogP contribution in [0.15, 0.2) is 6.20 Å². The number of piperidine rings is 1. The molecule has 1 aromatic heterocycles. The van der Waals surface area contributed by atoms with Gasteiger partial charge in [-0.1, -0.05) is 0 Å². The van der Waals surface area contributed by atoms with Crippen molar-refractivity contribution in [3.05, 3.63) is 17.5 Å². The number of ether oxygens (including phenoxy) is 2. The molecule has 3 heterocycles. The number of hydrogen-bond acceptors (Lipinski definition) is 6. The Balaban J connectivity index is 1.72. The van der Waals surface area contributed by atoms with Crippen molar-refractivity contribution in [1.29, 1.82) is 0 Å². The van der Waals surface area contributed by atoms with E-state index in [0.717, 1.165) is 25.9 Å². The smallest absolute Gasteiger partial charge is 0.339 e. The minimum atomic E-state index is -1.00. The molecule has 2 saturated heterocycles. The third kappa shape index (κ3) is 2.34. The Labute approximate surface area is 116 Å². The Hall–Kier alpha value is -1.73. The average molecular weight is 279 g/mol. The summed E-state index contributed by atoms with van der Waals surface area (Å²) in [5, 5.41) is 8.98. The predicted molar refractivity (Wildman–Crippen MR) is 69.8 cm³/mol. The van der Waals surface area contributed by atoms with E-state index < -0.39 is 11.8 Å². The van der Waals surface area contributed by atoms with E-state index in [1.54, 1.807) is 6.92 Å². The van der Waals surface area contributed by atoms with E-state index in [4.69, 9.17) is 14.6 Å². The number of hydrogen-bond donors (Lipinski definition) is 1. The third-order valence-corrected chi connectivity index (χ3v) is 3.82. The molecular formula is C13H17N3O4. The fourth-order valence-corrected chi connectivity index (χ4v) is 2.65. The molecular weight excluding hydrogens is 262 g/mol. The molecule has 108 valence electrons. The summed E-state index contributed by atoms with van der Waals surface area (Å²) in [5.74, 6) is -0.855. The number of aryl methyl sites for hydroxylation is 1. The first-order valence-corrected chi connectivity index (χ1v) is 6.69. The zero-order valence-corrected chi connectivity index (χ0v) is 11.3. The van der Waals surface area contributed by atoms with Crippen LogP contribution in [0.2, 0.25) is 0 Å². The maximum Gasteiger partial charge on any atom is 0.339 e. The largest absolute Gasteiger partial charge is 0.478 e. The van der Waals surface area contributed by atoms with E-state index >= 15 is 0 Å². The van der Waals surface area contributed by atoms with E-state index in [2.05, 4.69) is 9.97 Å². The number of carboxylic acids is 1. The molecule has 3 rings (SSSR count). The Bertz CT molecular complexity index is 518. The highest BCUT2D eigenvalue weighted by atomic mass is 16.7. The number of anilines is 1. The van der Waals surface area contributed by atoms with Gasteiger partial charge in [-0.3, -0.25) is 0 Å². The monoisotopic (exact) mass is 279 g/mol. The molecule has 20 heavy (non-hydrogen) atoms. The van der Waals surface area contributed by atoms with Crippen molar-refractivity contribution in [3.8, 4) is 0 Å². The predicted octanol–water partition coefficient (Wildman–Crippen LogP) is 0.827. The Kier molecular flexibility index (Phi) is 3.31. The van der Waals surface area contributed by atoms with Crippen molar-refractivity contribution in [2.75, 3.05) is 31.2 Å². The van der Waals surface area contributed by atoms with Crippen LogP contribution in [0.25, 0.3) is 0 Å². The van der Waals surface area contributed by atoms with Gasteiger partial charge in [0, 0.05) is 32.1 Å². The number of carboxylic acid groups (broad SMARTS) is 1. The summed E-state index contributed by atoms with van der Waals surface area (Å²) in [6, 6.07) is 0. The van der Waals surface area contributed by atoms with Crippen molar-refractivity contribution < 1.29 is 19.4 Å². The molecule has 7 nitrogen and oxygen atoms in total. The Morgan fingerprint density at radius 1 is 1.35 bits per heavy atom. The van der Waals surface area contributed by atoms with Crippen LogP contribution in [0.1, 0.15) is 28.9 Å². The second-order valence-electron chi connectivity index (χ2n) is 5.07. The number of rotatable bonds is 2. The van der Waals surface area contributed by atoms with Crippen molar-refractivity contribution in [2.24, 2.45) is 0 Å². The zero-order valence-electron chi connectivity index (χ0n) is 11.3. The fraction of sp³-hybridized carbons (Fsp3) is 0.615. The van der Waals surface area contributed by atoms with Gasteiger partial charge in [-0.2, -0.15) is 0 Å². The molecule has 2 aliphatic heterocycles. The van der Waals surface area contributed by atoms with Crippen molar-refractivity contribution in [2.45, 2.75) is 25.6 Å². The molecule has 0 atom stereocenters. The zero-order chi connectivity index (χ0) is 14.2. The topological polar surface area (TPSA) is 84.8 Å². The summed E-state index contributed by atoms with van der Waals surface area (Å²) in [4.78, 5) is 21.4. The Morgan fingerprint density at radius 2 is 2.00 bits per heavy atom. The summed E-state index contributed by atoms with van der Waals surface area (Å²) >= 11 is 0. The molecule has 7 heteroatoms. The summed E-state index contributed by atoms with van der Waals surface area (Å²) in [6.07, 6.45) is 2.92. The van der Waals surface area contributed by atoms with Crippen LogP contribution < -0.4 is 4.90 Å². The number of aromatic nitrogens is 2. The van der Waals surface area contributed by atoms with Gasteiger partial charge in [0.25, 0.3) is 0 Å². The fourth-order valence-electron chi connectivity index (χ4n) is 2.65. The maximum absolute atomic E-state index is 11.0. The van der Waals surface area contributed by atoms with E-state index in [1.807, 2.05) is 4.90 Å². The molecule has 1 spiro atoms. The summed E-state index contributed by atoms with van der Waals surface area (Å²) in [7, 11) is 0. The van der Waals surface area contributed by atoms with Crippen LogP contribution >= 0.6 is 0 Å². The van der Waals surface area contributed by atoms with Crippen LogP contribution in [0.3, 0.4) is 0 Å². The van der Waals surface area contributed by atoms with Gasteiger partial charge >= 0.3 is 5.97 Å². The molecule has 2 fully saturated rings. The molecule has 1 N–H and O–H groups in total. The quantitative estimate of drug-likeness (QED) is 0.858. The Morgan fingerprint density at radius 3 is 2.55 bits per heavy atom. The SMILES string of the molecule is Cc1nc(N2CCC3(CC2)OCCO3)ncc1C(=O)O. The first kappa shape index (κ1) is 13.3. The highest BCUT2D eigenvalue weighted by Crippen LogP contribution is 2.32. The molecule has 0 aromatic carbocycles. The van der Waals surface area contributed by atoms with E-state index in [9.17, 15) is 4.79 Å². The lowest BCUT2D eigenvalue weighted by Crippen LogP contribution is -2.45. The summed E-state index contributed by atoms with van der Waals surface area (Å²) < 4.78 is 11.3. The van der Waals surface area contributed by atoms with Gasteiger partial charge in [-0.05, 0) is 6.92 Å². The number of carbonyl (C=O) groups is 1. The average Bonchev–Trinajstić information content (AvgIpc) is 2.87. The first-order valence-electron chi connectivity index (χ1n) is 6.69. The maximum atomic E-state index is 11.0. The van der Waals surface area contributed by atoms with Crippen LogP contribution in [-0.4, -0.2) is 53.1 Å². The molecule has 0 unspecified atom stereocenters. The standard InChI is InChI=1S/C13H17N3O4/c1-9-10(11(17)18)8-14-12(15-9)16-4-2-13(3-5-16)19-6-7-20-13/h8H,2-7H2,1H3,(H,17,18). The number of aromatic carboxylic acids is 1. The third-order valence-electron chi connectivity index (χ3n) is 3.82. The van der Waals surface area contributed by atoms with Crippen molar-refractivity contribution in [3.63, 3.8) is 0 Å². The van der Waals surface area contributed by atoms with Gasteiger partial charge < -0.3 is 19.5 Å². The molecule has 0 aliphatic carbocycles. The van der Waals surface area contributed by atoms with Gasteiger partial charge in [-0.25, -0.2) is 14.8 Å². The lowest BCUT2D eigenvalue weighted by atomic mass is 10.0.